The lowest BCUT2D eigenvalue weighted by molar-refractivity contribution is 0.596. The Morgan fingerprint density at radius 3 is 0.924 bits per heavy atom. The molecule has 0 spiro atoms. The number of anilines is 6. The second-order valence-corrected chi connectivity index (χ2v) is 21.5. The molecule has 0 atom stereocenters. The summed E-state index contributed by atoms with van der Waals surface area (Å²) in [6, 6.07) is 90.2. The van der Waals surface area contributed by atoms with Crippen LogP contribution in [0.25, 0.3) is 77.2 Å². The second-order valence-electron chi connectivity index (χ2n) is 19.5. The monoisotopic (exact) mass is 1040 g/mol. The zero-order valence-electron chi connectivity index (χ0n) is 42.6. The van der Waals surface area contributed by atoms with Crippen molar-refractivity contribution in [2.45, 2.75) is 9.79 Å². The normalized spacial score (nSPS) is 11.6. The van der Waals surface area contributed by atoms with Crippen molar-refractivity contribution >= 4 is 87.6 Å². The molecular weight excluding hydrogens is 989 g/mol. The van der Waals surface area contributed by atoms with Gasteiger partial charge < -0.3 is 18.9 Å². The van der Waals surface area contributed by atoms with E-state index in [0.717, 1.165) is 111 Å². The van der Waals surface area contributed by atoms with Gasteiger partial charge in [-0.1, -0.05) is 121 Å². The van der Waals surface area contributed by atoms with Crippen molar-refractivity contribution in [1.82, 2.24) is 19.1 Å². The number of pyridine rings is 2. The van der Waals surface area contributed by atoms with E-state index >= 15 is 0 Å². The Bertz CT molecular complexity index is 4250. The number of rotatable bonds is 12. The van der Waals surface area contributed by atoms with Crippen molar-refractivity contribution in [2.24, 2.45) is 0 Å². The largest absolute Gasteiger partial charge is 0.310 e. The summed E-state index contributed by atoms with van der Waals surface area (Å²) >= 11 is 0. The van der Waals surface area contributed by atoms with Crippen molar-refractivity contribution < 1.29 is 8.42 Å². The predicted molar refractivity (Wildman–Crippen MR) is 323 cm³/mol. The molecule has 14 rings (SSSR count). The second kappa shape index (κ2) is 19.7. The average molecular weight is 1040 g/mol. The van der Waals surface area contributed by atoms with E-state index in [0.29, 0.717) is 0 Å². The molecule has 0 bridgehead atoms. The van der Waals surface area contributed by atoms with Crippen LogP contribution in [0.3, 0.4) is 0 Å². The number of hydrogen-bond acceptors (Lipinski definition) is 6. The Kier molecular flexibility index (Phi) is 11.7. The van der Waals surface area contributed by atoms with Crippen molar-refractivity contribution in [3.63, 3.8) is 0 Å². The Morgan fingerprint density at radius 1 is 0.291 bits per heavy atom. The minimum Gasteiger partial charge on any atom is -0.310 e. The number of nitrogens with zero attached hydrogens (tertiary/aromatic N) is 6. The van der Waals surface area contributed by atoms with Crippen LogP contribution in [0.2, 0.25) is 0 Å². The fraction of sp³-hybridized carbons (Fsp3) is 0. The first kappa shape index (κ1) is 47.1. The van der Waals surface area contributed by atoms with Gasteiger partial charge in [-0.3, -0.25) is 9.97 Å². The lowest BCUT2D eigenvalue weighted by atomic mass is 10.1. The molecule has 10 aromatic carbocycles. The topological polar surface area (TPSA) is 76.3 Å². The highest BCUT2D eigenvalue weighted by atomic mass is 32.2. The van der Waals surface area contributed by atoms with Crippen LogP contribution in [0.1, 0.15) is 0 Å². The van der Waals surface area contributed by atoms with Crippen molar-refractivity contribution in [1.29, 1.82) is 0 Å². The summed E-state index contributed by atoms with van der Waals surface area (Å²) in [6.45, 7) is 0. The highest BCUT2D eigenvalue weighted by Crippen LogP contribution is 2.42. The highest BCUT2D eigenvalue weighted by molar-refractivity contribution is 7.91. The summed E-state index contributed by atoms with van der Waals surface area (Å²) in [5.41, 5.74) is 16.5. The first-order chi connectivity index (χ1) is 38.9. The third-order valence-electron chi connectivity index (χ3n) is 14.9. The maximum atomic E-state index is 14.1. The number of fused-ring (bicyclic) bond motifs is 6. The van der Waals surface area contributed by atoms with Gasteiger partial charge in [-0.25, -0.2) is 8.42 Å². The molecule has 0 saturated heterocycles. The van der Waals surface area contributed by atoms with E-state index in [-0.39, 0.29) is 9.79 Å². The van der Waals surface area contributed by atoms with E-state index in [2.05, 4.69) is 223 Å². The standard InChI is InChI=1S/C70H48N6O2S/c77-79(78,61-35-25-51(26-36-61)49-21-29-57(30-22-49)75-67-39-33-59(45-63(67)65-47-71-43-41-69(65)75)73(53-13-5-1-6-14-53)54-15-7-2-8-16-54)62-37-27-52(28-38-62)50-23-31-58(32-24-50)76-68-40-34-60(46-64(68)66-48-72-44-42-70(66)76)74(55-17-9-3-10-18-55)56-19-11-4-12-20-56/h1-48H. The van der Waals surface area contributed by atoms with Crippen LogP contribution in [-0.2, 0) is 9.84 Å². The molecule has 4 aromatic heterocycles. The van der Waals surface area contributed by atoms with Gasteiger partial charge in [0.1, 0.15) is 0 Å². The number of para-hydroxylation sites is 4. The molecule has 0 amide bonds. The van der Waals surface area contributed by atoms with Crippen LogP contribution >= 0.6 is 0 Å². The van der Waals surface area contributed by atoms with Crippen LogP contribution in [0.15, 0.2) is 301 Å². The van der Waals surface area contributed by atoms with Gasteiger partial charge in [0.25, 0.3) is 0 Å². The third kappa shape index (κ3) is 8.46. The maximum Gasteiger partial charge on any atom is 0.206 e. The van der Waals surface area contributed by atoms with Crippen molar-refractivity contribution in [3.05, 3.63) is 292 Å². The average Bonchev–Trinajstić information content (AvgIpc) is 4.25. The molecule has 8 nitrogen and oxygen atoms in total. The molecule has 0 saturated carbocycles. The van der Waals surface area contributed by atoms with E-state index in [1.54, 1.807) is 24.3 Å². The first-order valence-corrected chi connectivity index (χ1v) is 27.7. The summed E-state index contributed by atoms with van der Waals surface area (Å²) in [4.78, 5) is 14.1. The number of sulfone groups is 1. The Morgan fingerprint density at radius 2 is 0.595 bits per heavy atom. The maximum absolute atomic E-state index is 14.1. The van der Waals surface area contributed by atoms with Crippen LogP contribution in [-0.4, -0.2) is 27.5 Å². The number of hydrogen-bond donors (Lipinski definition) is 0. The lowest BCUT2D eigenvalue weighted by Crippen LogP contribution is -2.09. The summed E-state index contributed by atoms with van der Waals surface area (Å²) < 4.78 is 32.7. The number of aromatic nitrogens is 4. The minimum atomic E-state index is -3.80. The summed E-state index contributed by atoms with van der Waals surface area (Å²) in [5, 5.41) is 4.32. The lowest BCUT2D eigenvalue weighted by Gasteiger charge is -2.25. The Labute approximate surface area is 457 Å². The van der Waals surface area contributed by atoms with Crippen LogP contribution in [0, 0.1) is 0 Å². The summed E-state index contributed by atoms with van der Waals surface area (Å²) in [7, 11) is -3.80. The molecule has 0 aliphatic carbocycles. The van der Waals surface area contributed by atoms with Gasteiger partial charge in [0.2, 0.25) is 9.84 Å². The van der Waals surface area contributed by atoms with Gasteiger partial charge in [0.05, 0.1) is 31.9 Å². The van der Waals surface area contributed by atoms with E-state index in [9.17, 15) is 8.42 Å². The van der Waals surface area contributed by atoms with Crippen LogP contribution < -0.4 is 9.80 Å². The van der Waals surface area contributed by atoms with Crippen LogP contribution in [0.4, 0.5) is 34.1 Å². The third-order valence-corrected chi connectivity index (χ3v) is 16.7. The van der Waals surface area contributed by atoms with Gasteiger partial charge in [-0.2, -0.15) is 0 Å². The molecule has 0 unspecified atom stereocenters. The quantitative estimate of drug-likeness (QED) is 0.121. The molecule has 79 heavy (non-hydrogen) atoms. The Balaban J connectivity index is 0.704. The van der Waals surface area contributed by atoms with E-state index in [1.807, 2.05) is 73.3 Å². The molecule has 4 heterocycles. The van der Waals surface area contributed by atoms with E-state index in [1.165, 1.54) is 0 Å². The Hall–Kier alpha value is -10.4. The summed E-state index contributed by atoms with van der Waals surface area (Å²) in [5.74, 6) is 0. The molecule has 0 aliphatic rings. The zero-order chi connectivity index (χ0) is 52.9. The molecule has 14 aromatic rings. The molecule has 0 fully saturated rings. The van der Waals surface area contributed by atoms with Gasteiger partial charge >= 0.3 is 0 Å². The molecular formula is C70H48N6O2S. The molecule has 0 aliphatic heterocycles. The van der Waals surface area contributed by atoms with E-state index < -0.39 is 9.84 Å². The fourth-order valence-electron chi connectivity index (χ4n) is 11.1. The predicted octanol–water partition coefficient (Wildman–Crippen LogP) is 17.8. The highest BCUT2D eigenvalue weighted by Gasteiger charge is 2.21. The SMILES string of the molecule is O=S(=O)(c1ccc(-c2ccc(-n3c4ccncc4c4cc(N(c5ccccc5)c5ccccc5)ccc43)cc2)cc1)c1ccc(-c2ccc(-n3c4ccncc4c4cc(N(c5ccccc5)c5ccccc5)ccc43)cc2)cc1. The summed E-state index contributed by atoms with van der Waals surface area (Å²) in [6.07, 6.45) is 7.56. The molecule has 9 heteroatoms. The molecule has 0 N–H and O–H groups in total. The first-order valence-electron chi connectivity index (χ1n) is 26.2. The minimum absolute atomic E-state index is 0.239. The van der Waals surface area contributed by atoms with Gasteiger partial charge in [0.15, 0.2) is 0 Å². The van der Waals surface area contributed by atoms with Gasteiger partial charge in [-0.05, 0) is 168 Å². The van der Waals surface area contributed by atoms with Gasteiger partial charge in [-0.15, -0.1) is 0 Å². The molecule has 376 valence electrons. The smallest absolute Gasteiger partial charge is 0.206 e. The fourth-order valence-corrected chi connectivity index (χ4v) is 12.4. The van der Waals surface area contributed by atoms with Crippen molar-refractivity contribution in [2.75, 3.05) is 9.80 Å². The van der Waals surface area contributed by atoms with Crippen LogP contribution in [0.5, 0.6) is 0 Å². The van der Waals surface area contributed by atoms with E-state index in [4.69, 9.17) is 0 Å². The number of benzene rings is 10. The zero-order valence-corrected chi connectivity index (χ0v) is 43.4. The van der Waals surface area contributed by atoms with Gasteiger partial charge in [0, 0.05) is 91.8 Å². The van der Waals surface area contributed by atoms with Crippen molar-refractivity contribution in [3.8, 4) is 33.6 Å². The molecule has 0 radical (unpaired) electrons.